The van der Waals surface area contributed by atoms with Crippen LogP contribution in [0.15, 0.2) is 18.2 Å². The number of carbonyl (C=O) groups excluding carboxylic acids is 1. The predicted molar refractivity (Wildman–Crippen MR) is 72.3 cm³/mol. The van der Waals surface area contributed by atoms with Crippen LogP contribution >= 0.6 is 12.2 Å². The minimum atomic E-state index is -0.640. The van der Waals surface area contributed by atoms with Crippen molar-refractivity contribution in [2.45, 2.75) is 0 Å². The van der Waals surface area contributed by atoms with Gasteiger partial charge in [0.15, 0.2) is 16.6 Å². The van der Waals surface area contributed by atoms with Crippen LogP contribution in [0.4, 0.5) is 10.5 Å². The van der Waals surface area contributed by atoms with Crippen molar-refractivity contribution < 1.29 is 19.0 Å². The van der Waals surface area contributed by atoms with E-state index >= 15 is 0 Å². The maximum atomic E-state index is 10.9. The second-order valence-electron chi connectivity index (χ2n) is 3.53. The van der Waals surface area contributed by atoms with Crippen molar-refractivity contribution in [3.8, 4) is 11.5 Å². The van der Waals surface area contributed by atoms with Crippen molar-refractivity contribution >= 4 is 29.1 Å². The number of ether oxygens (including phenoxy) is 3. The van der Waals surface area contributed by atoms with Crippen LogP contribution in [0.3, 0.4) is 0 Å². The van der Waals surface area contributed by atoms with E-state index in [1.54, 1.807) is 6.07 Å². The van der Waals surface area contributed by atoms with Gasteiger partial charge in [-0.1, -0.05) is 6.07 Å². The third kappa shape index (κ3) is 3.38. The van der Waals surface area contributed by atoms with Crippen molar-refractivity contribution in [2.75, 3.05) is 25.6 Å². The second-order valence-corrected chi connectivity index (χ2v) is 3.93. The molecule has 8 heteroatoms. The molecule has 0 aromatic heterocycles. The summed E-state index contributed by atoms with van der Waals surface area (Å²) in [4.78, 5) is 10.9. The molecule has 7 nitrogen and oxygen atoms in total. The van der Waals surface area contributed by atoms with Crippen LogP contribution in [-0.2, 0) is 4.74 Å². The van der Waals surface area contributed by atoms with Gasteiger partial charge in [-0.15, -0.1) is 0 Å². The number of hydrogen-bond acceptors (Lipinski definition) is 5. The van der Waals surface area contributed by atoms with Crippen molar-refractivity contribution in [2.24, 2.45) is 0 Å². The van der Waals surface area contributed by atoms with Crippen LogP contribution in [0.25, 0.3) is 0 Å². The van der Waals surface area contributed by atoms with Gasteiger partial charge in [0.25, 0.3) is 0 Å². The average molecular weight is 283 g/mol. The fourth-order valence-electron chi connectivity index (χ4n) is 1.48. The highest BCUT2D eigenvalue weighted by atomic mass is 32.1. The molecule has 0 radical (unpaired) electrons. The van der Waals surface area contributed by atoms with E-state index in [-0.39, 0.29) is 5.11 Å². The Morgan fingerprint density at radius 2 is 2.11 bits per heavy atom. The van der Waals surface area contributed by atoms with Crippen LogP contribution < -0.4 is 25.6 Å². The third-order valence-electron chi connectivity index (χ3n) is 2.28. The Labute approximate surface area is 115 Å². The highest BCUT2D eigenvalue weighted by molar-refractivity contribution is 7.80. The van der Waals surface area contributed by atoms with E-state index in [2.05, 4.69) is 20.9 Å². The summed E-state index contributed by atoms with van der Waals surface area (Å²) in [5.74, 6) is 1.25. The molecule has 102 valence electrons. The summed E-state index contributed by atoms with van der Waals surface area (Å²) in [6.07, 6.45) is -0.640. The van der Waals surface area contributed by atoms with Gasteiger partial charge in [-0.2, -0.15) is 0 Å². The van der Waals surface area contributed by atoms with Crippen molar-refractivity contribution in [3.05, 3.63) is 18.2 Å². The maximum absolute atomic E-state index is 10.9. The fourth-order valence-corrected chi connectivity index (χ4v) is 1.65. The molecule has 0 spiro atoms. The lowest BCUT2D eigenvalue weighted by molar-refractivity contribution is 0.169. The molecule has 3 N–H and O–H groups in total. The molecule has 0 atom stereocenters. The maximum Gasteiger partial charge on any atom is 0.425 e. The van der Waals surface area contributed by atoms with Crippen molar-refractivity contribution in [1.82, 2.24) is 10.9 Å². The Hall–Kier alpha value is -2.22. The molecule has 19 heavy (non-hydrogen) atoms. The Kier molecular flexibility index (Phi) is 4.24. The summed E-state index contributed by atoms with van der Waals surface area (Å²) < 4.78 is 15.4. The van der Waals surface area contributed by atoms with E-state index in [9.17, 15) is 4.79 Å². The van der Waals surface area contributed by atoms with Crippen LogP contribution in [-0.4, -0.2) is 31.5 Å². The molecule has 1 aliphatic rings. The predicted octanol–water partition coefficient (Wildman–Crippen LogP) is 1.02. The molecule has 1 amide bonds. The van der Waals surface area contributed by atoms with Gasteiger partial charge >= 0.3 is 6.09 Å². The zero-order chi connectivity index (χ0) is 13.7. The van der Waals surface area contributed by atoms with Crippen molar-refractivity contribution in [3.63, 3.8) is 0 Å². The van der Waals surface area contributed by atoms with Crippen LogP contribution in [0.2, 0.25) is 0 Å². The number of hydrazine groups is 1. The van der Waals surface area contributed by atoms with Crippen molar-refractivity contribution in [1.29, 1.82) is 0 Å². The summed E-state index contributed by atoms with van der Waals surface area (Å²) in [6, 6.07) is 5.41. The van der Waals surface area contributed by atoms with E-state index in [4.69, 9.17) is 21.7 Å². The summed E-state index contributed by atoms with van der Waals surface area (Å²) in [6.45, 7) is 0.995. The molecule has 0 unspecified atom stereocenters. The standard InChI is InChI=1S/C11H13N3O4S/c1-16-11(15)14-13-10(19)12-7-3-2-4-8-9(7)18-6-5-17-8/h2-4H,5-6H2,1H3,(H,14,15)(H2,12,13,19). The number of carbonyl (C=O) groups is 1. The lowest BCUT2D eigenvalue weighted by Crippen LogP contribution is -2.43. The molecule has 0 bridgehead atoms. The second kappa shape index (κ2) is 6.10. The van der Waals surface area contributed by atoms with Gasteiger partial charge in [-0.3, -0.25) is 5.43 Å². The van der Waals surface area contributed by atoms with Gasteiger partial charge in [0.05, 0.1) is 12.8 Å². The third-order valence-corrected chi connectivity index (χ3v) is 2.48. The molecule has 2 rings (SSSR count). The Morgan fingerprint density at radius 3 is 2.89 bits per heavy atom. The number of benzene rings is 1. The van der Waals surface area contributed by atoms with Crippen LogP contribution in [0.1, 0.15) is 0 Å². The number of thiocarbonyl (C=S) groups is 1. The van der Waals surface area contributed by atoms with E-state index < -0.39 is 6.09 Å². The van der Waals surface area contributed by atoms with Gasteiger partial charge in [0.2, 0.25) is 0 Å². The molecule has 0 aliphatic carbocycles. The smallest absolute Gasteiger partial charge is 0.425 e. The largest absolute Gasteiger partial charge is 0.486 e. The number of hydrogen-bond donors (Lipinski definition) is 3. The number of amides is 1. The highest BCUT2D eigenvalue weighted by Gasteiger charge is 2.16. The number of anilines is 1. The molecule has 0 saturated carbocycles. The number of fused-ring (bicyclic) bond motifs is 1. The first-order valence-corrected chi connectivity index (χ1v) is 5.91. The molecule has 1 heterocycles. The number of nitrogens with one attached hydrogen (secondary N) is 3. The number of rotatable bonds is 1. The molecule has 1 aromatic rings. The zero-order valence-electron chi connectivity index (χ0n) is 10.2. The topological polar surface area (TPSA) is 80.9 Å². The molecule has 0 fully saturated rings. The summed E-state index contributed by atoms with van der Waals surface area (Å²) in [5.41, 5.74) is 5.39. The summed E-state index contributed by atoms with van der Waals surface area (Å²) in [7, 11) is 1.26. The number of para-hydroxylation sites is 1. The summed E-state index contributed by atoms with van der Waals surface area (Å²) >= 11 is 5.02. The highest BCUT2D eigenvalue weighted by Crippen LogP contribution is 2.37. The van der Waals surface area contributed by atoms with Crippen LogP contribution in [0, 0.1) is 0 Å². The SMILES string of the molecule is COC(=O)NNC(=S)Nc1cccc2c1OCCO2. The normalized spacial score (nSPS) is 12.3. The average Bonchev–Trinajstić information content (AvgIpc) is 2.45. The Balaban J connectivity index is 1.99. The Bertz CT molecular complexity index is 495. The van der Waals surface area contributed by atoms with E-state index in [1.807, 2.05) is 12.1 Å². The lowest BCUT2D eigenvalue weighted by atomic mass is 10.2. The van der Waals surface area contributed by atoms with E-state index in [0.29, 0.717) is 30.4 Å². The van der Waals surface area contributed by atoms with Gasteiger partial charge in [0.1, 0.15) is 13.2 Å². The van der Waals surface area contributed by atoms with E-state index in [0.717, 1.165) is 0 Å². The van der Waals surface area contributed by atoms with Gasteiger partial charge in [-0.05, 0) is 24.4 Å². The van der Waals surface area contributed by atoms with Gasteiger partial charge in [-0.25, -0.2) is 10.2 Å². The molecular weight excluding hydrogens is 270 g/mol. The molecule has 0 saturated heterocycles. The first-order chi connectivity index (χ1) is 9.20. The lowest BCUT2D eigenvalue weighted by Gasteiger charge is -2.21. The zero-order valence-corrected chi connectivity index (χ0v) is 11.0. The quantitative estimate of drug-likeness (QED) is 0.524. The first-order valence-electron chi connectivity index (χ1n) is 5.50. The minimum absolute atomic E-state index is 0.202. The van der Waals surface area contributed by atoms with Gasteiger partial charge in [0, 0.05) is 0 Å². The first kappa shape index (κ1) is 13.2. The monoisotopic (exact) mass is 283 g/mol. The minimum Gasteiger partial charge on any atom is -0.486 e. The molecule has 1 aromatic carbocycles. The molecule has 1 aliphatic heterocycles. The number of methoxy groups -OCH3 is 1. The molecular formula is C11H13N3O4S. The van der Waals surface area contributed by atoms with Gasteiger partial charge < -0.3 is 19.5 Å². The van der Waals surface area contributed by atoms with E-state index in [1.165, 1.54) is 7.11 Å². The van der Waals surface area contributed by atoms with Crippen LogP contribution in [0.5, 0.6) is 11.5 Å². The summed E-state index contributed by atoms with van der Waals surface area (Å²) in [5, 5.41) is 3.10. The fraction of sp³-hybridized carbons (Fsp3) is 0.273. The Morgan fingerprint density at radius 1 is 1.32 bits per heavy atom.